The Morgan fingerprint density at radius 2 is 2.30 bits per heavy atom. The number of rotatable bonds is 3. The van der Waals surface area contributed by atoms with Gasteiger partial charge in [0.25, 0.3) is 0 Å². The summed E-state index contributed by atoms with van der Waals surface area (Å²) in [5, 5.41) is 9.15. The molecule has 0 bridgehead atoms. The Hall–Kier alpha value is -1.36. The lowest BCUT2D eigenvalue weighted by Gasteiger charge is -2.22. The lowest BCUT2D eigenvalue weighted by Crippen LogP contribution is -2.23. The SMILES string of the molecule is Cn1c(CC2CCCCO2)nc2c1CCC(C(=O)O)C2. The van der Waals surface area contributed by atoms with E-state index < -0.39 is 5.97 Å². The molecule has 1 aliphatic heterocycles. The Morgan fingerprint density at radius 3 is 3.00 bits per heavy atom. The zero-order valence-electron chi connectivity index (χ0n) is 12.0. The summed E-state index contributed by atoms with van der Waals surface area (Å²) in [6.45, 7) is 0.857. The molecule has 0 saturated carbocycles. The van der Waals surface area contributed by atoms with Gasteiger partial charge in [-0.2, -0.15) is 0 Å². The number of imidazole rings is 1. The molecule has 2 heterocycles. The van der Waals surface area contributed by atoms with Crippen LogP contribution in [0.2, 0.25) is 0 Å². The first-order valence-electron chi connectivity index (χ1n) is 7.53. The zero-order chi connectivity index (χ0) is 14.1. The van der Waals surface area contributed by atoms with Crippen LogP contribution in [0.15, 0.2) is 0 Å². The van der Waals surface area contributed by atoms with Gasteiger partial charge in [-0.3, -0.25) is 4.79 Å². The summed E-state index contributed by atoms with van der Waals surface area (Å²) in [4.78, 5) is 15.8. The minimum absolute atomic E-state index is 0.267. The summed E-state index contributed by atoms with van der Waals surface area (Å²) < 4.78 is 7.94. The van der Waals surface area contributed by atoms with Crippen LogP contribution in [0.1, 0.15) is 42.9 Å². The van der Waals surface area contributed by atoms with E-state index in [0.29, 0.717) is 6.42 Å². The van der Waals surface area contributed by atoms with E-state index in [1.54, 1.807) is 0 Å². The van der Waals surface area contributed by atoms with Crippen LogP contribution in [0.5, 0.6) is 0 Å². The monoisotopic (exact) mass is 278 g/mol. The summed E-state index contributed by atoms with van der Waals surface area (Å²) in [5.41, 5.74) is 2.20. The molecule has 0 amide bonds. The standard InChI is InChI=1S/C15H22N2O3/c1-17-13-6-5-10(15(18)19)8-12(13)16-14(17)9-11-4-2-3-7-20-11/h10-11H,2-9H2,1H3,(H,18,19). The molecule has 1 fully saturated rings. The van der Waals surface area contributed by atoms with Gasteiger partial charge in [-0.05, 0) is 32.1 Å². The molecular formula is C15H22N2O3. The number of carbonyl (C=O) groups is 1. The summed E-state index contributed by atoms with van der Waals surface area (Å²) in [5.74, 6) is 0.0857. The highest BCUT2D eigenvalue weighted by atomic mass is 16.5. The Labute approximate surface area is 119 Å². The number of fused-ring (bicyclic) bond motifs is 1. The van der Waals surface area contributed by atoms with E-state index in [9.17, 15) is 4.79 Å². The second-order valence-electron chi connectivity index (χ2n) is 5.95. The fourth-order valence-electron chi connectivity index (χ4n) is 3.33. The molecule has 1 aromatic rings. The van der Waals surface area contributed by atoms with E-state index in [0.717, 1.165) is 50.2 Å². The van der Waals surface area contributed by atoms with E-state index in [4.69, 9.17) is 14.8 Å². The normalized spacial score (nSPS) is 26.2. The predicted molar refractivity (Wildman–Crippen MR) is 73.7 cm³/mol. The molecular weight excluding hydrogens is 256 g/mol. The van der Waals surface area contributed by atoms with Gasteiger partial charge >= 0.3 is 5.97 Å². The molecule has 5 nitrogen and oxygen atoms in total. The van der Waals surface area contributed by atoms with Gasteiger partial charge in [0.05, 0.1) is 17.7 Å². The first-order chi connectivity index (χ1) is 9.65. The van der Waals surface area contributed by atoms with Crippen LogP contribution in [-0.2, 0) is 35.8 Å². The number of ether oxygens (including phenoxy) is 1. The van der Waals surface area contributed by atoms with Crippen LogP contribution >= 0.6 is 0 Å². The molecule has 2 unspecified atom stereocenters. The van der Waals surface area contributed by atoms with Gasteiger partial charge in [0.2, 0.25) is 0 Å². The van der Waals surface area contributed by atoms with Crippen molar-refractivity contribution in [2.45, 2.75) is 51.0 Å². The first kappa shape index (κ1) is 13.6. The maximum absolute atomic E-state index is 11.1. The quantitative estimate of drug-likeness (QED) is 0.914. The van der Waals surface area contributed by atoms with Gasteiger partial charge in [-0.1, -0.05) is 0 Å². The van der Waals surface area contributed by atoms with Crippen LogP contribution < -0.4 is 0 Å². The average molecular weight is 278 g/mol. The van der Waals surface area contributed by atoms with Gasteiger partial charge in [-0.25, -0.2) is 4.98 Å². The van der Waals surface area contributed by atoms with E-state index in [-0.39, 0.29) is 12.0 Å². The van der Waals surface area contributed by atoms with E-state index >= 15 is 0 Å². The van der Waals surface area contributed by atoms with Gasteiger partial charge in [0.15, 0.2) is 0 Å². The molecule has 0 spiro atoms. The average Bonchev–Trinajstić information content (AvgIpc) is 2.76. The van der Waals surface area contributed by atoms with E-state index in [2.05, 4.69) is 4.57 Å². The van der Waals surface area contributed by atoms with Gasteiger partial charge in [0.1, 0.15) is 5.82 Å². The highest BCUT2D eigenvalue weighted by molar-refractivity contribution is 5.70. The third-order valence-electron chi connectivity index (χ3n) is 4.59. The number of carboxylic acid groups (broad SMARTS) is 1. The van der Waals surface area contributed by atoms with Crippen LogP contribution in [0.3, 0.4) is 0 Å². The highest BCUT2D eigenvalue weighted by Gasteiger charge is 2.29. The Morgan fingerprint density at radius 1 is 1.45 bits per heavy atom. The molecule has 2 atom stereocenters. The van der Waals surface area contributed by atoms with Crippen molar-refractivity contribution in [3.8, 4) is 0 Å². The molecule has 0 aromatic carbocycles. The van der Waals surface area contributed by atoms with Crippen molar-refractivity contribution in [2.24, 2.45) is 13.0 Å². The number of nitrogens with zero attached hydrogens (tertiary/aromatic N) is 2. The molecule has 1 aliphatic carbocycles. The highest BCUT2D eigenvalue weighted by Crippen LogP contribution is 2.27. The van der Waals surface area contributed by atoms with Crippen LogP contribution in [-0.4, -0.2) is 33.3 Å². The topological polar surface area (TPSA) is 64.4 Å². The third-order valence-corrected chi connectivity index (χ3v) is 4.59. The molecule has 1 aromatic heterocycles. The molecule has 0 radical (unpaired) electrons. The second kappa shape index (κ2) is 5.56. The number of hydrogen-bond acceptors (Lipinski definition) is 3. The number of hydrogen-bond donors (Lipinski definition) is 1. The first-order valence-corrected chi connectivity index (χ1v) is 7.53. The summed E-state index contributed by atoms with van der Waals surface area (Å²) in [6.07, 6.45) is 6.74. The molecule has 1 saturated heterocycles. The Kier molecular flexibility index (Phi) is 3.78. The molecule has 20 heavy (non-hydrogen) atoms. The van der Waals surface area contributed by atoms with Crippen molar-refractivity contribution >= 4 is 5.97 Å². The van der Waals surface area contributed by atoms with Crippen molar-refractivity contribution in [1.82, 2.24) is 9.55 Å². The van der Waals surface area contributed by atoms with Gasteiger partial charge < -0.3 is 14.4 Å². The number of aliphatic carboxylic acids is 1. The molecule has 110 valence electrons. The van der Waals surface area contributed by atoms with Crippen molar-refractivity contribution < 1.29 is 14.6 Å². The largest absolute Gasteiger partial charge is 0.481 e. The molecule has 2 aliphatic rings. The van der Waals surface area contributed by atoms with Gasteiger partial charge in [-0.15, -0.1) is 0 Å². The Bertz CT molecular complexity index is 503. The maximum atomic E-state index is 11.1. The summed E-state index contributed by atoms with van der Waals surface area (Å²) in [6, 6.07) is 0. The lowest BCUT2D eigenvalue weighted by molar-refractivity contribution is -0.142. The fraction of sp³-hybridized carbons (Fsp3) is 0.733. The van der Waals surface area contributed by atoms with Crippen molar-refractivity contribution in [2.75, 3.05) is 6.61 Å². The van der Waals surface area contributed by atoms with Crippen LogP contribution in [0.25, 0.3) is 0 Å². The predicted octanol–water partition coefficient (Wildman–Crippen LogP) is 1.72. The van der Waals surface area contributed by atoms with Crippen LogP contribution in [0.4, 0.5) is 0 Å². The van der Waals surface area contributed by atoms with Crippen molar-refractivity contribution in [3.63, 3.8) is 0 Å². The fourth-order valence-corrected chi connectivity index (χ4v) is 3.33. The van der Waals surface area contributed by atoms with E-state index in [1.807, 2.05) is 7.05 Å². The smallest absolute Gasteiger partial charge is 0.306 e. The second-order valence-corrected chi connectivity index (χ2v) is 5.95. The Balaban J connectivity index is 1.75. The molecule has 1 N–H and O–H groups in total. The van der Waals surface area contributed by atoms with E-state index in [1.165, 1.54) is 12.1 Å². The van der Waals surface area contributed by atoms with Crippen LogP contribution in [0, 0.1) is 5.92 Å². The minimum Gasteiger partial charge on any atom is -0.481 e. The van der Waals surface area contributed by atoms with Crippen molar-refractivity contribution in [3.05, 3.63) is 17.2 Å². The minimum atomic E-state index is -0.696. The summed E-state index contributed by atoms with van der Waals surface area (Å²) >= 11 is 0. The zero-order valence-corrected chi connectivity index (χ0v) is 12.0. The molecule has 3 rings (SSSR count). The van der Waals surface area contributed by atoms with Crippen molar-refractivity contribution in [1.29, 1.82) is 0 Å². The number of aromatic nitrogens is 2. The number of carboxylic acids is 1. The maximum Gasteiger partial charge on any atom is 0.306 e. The lowest BCUT2D eigenvalue weighted by atomic mass is 9.90. The molecule has 5 heteroatoms. The third kappa shape index (κ3) is 2.59. The van der Waals surface area contributed by atoms with Gasteiger partial charge in [0, 0.05) is 32.2 Å². The summed E-state index contributed by atoms with van der Waals surface area (Å²) in [7, 11) is 2.05.